The van der Waals surface area contributed by atoms with Gasteiger partial charge in [0.15, 0.2) is 17.2 Å². The Bertz CT molecular complexity index is 704. The lowest BCUT2D eigenvalue weighted by Gasteiger charge is -2.16. The zero-order valence-electron chi connectivity index (χ0n) is 12.7. The summed E-state index contributed by atoms with van der Waals surface area (Å²) in [6.45, 7) is 3.90. The molecular weight excluding hydrogens is 272 g/mol. The van der Waals surface area contributed by atoms with Gasteiger partial charge in [-0.25, -0.2) is 4.79 Å². The molecule has 2 aromatic rings. The molecule has 112 valence electrons. The molecule has 0 saturated carbocycles. The van der Waals surface area contributed by atoms with Crippen molar-refractivity contribution in [3.8, 4) is 22.8 Å². The number of benzene rings is 1. The molecule has 0 saturated heterocycles. The summed E-state index contributed by atoms with van der Waals surface area (Å²) < 4.78 is 12.3. The van der Waals surface area contributed by atoms with E-state index in [-0.39, 0.29) is 5.69 Å². The molecule has 0 radical (unpaired) electrons. The number of carbonyl (C=O) groups is 1. The summed E-state index contributed by atoms with van der Waals surface area (Å²) in [7, 11) is 4.88. The van der Waals surface area contributed by atoms with E-state index < -0.39 is 5.97 Å². The smallest absolute Gasteiger partial charge is 0.356 e. The molecule has 1 heterocycles. The molecule has 21 heavy (non-hydrogen) atoms. The molecule has 0 amide bonds. The van der Waals surface area contributed by atoms with Crippen LogP contribution in [0, 0.1) is 13.8 Å². The van der Waals surface area contributed by atoms with Crippen molar-refractivity contribution in [2.75, 3.05) is 14.2 Å². The largest absolute Gasteiger partial charge is 0.493 e. The molecule has 6 nitrogen and oxygen atoms in total. The Kier molecular flexibility index (Phi) is 3.88. The minimum absolute atomic E-state index is 0.0133. The fourth-order valence-electron chi connectivity index (χ4n) is 2.36. The van der Waals surface area contributed by atoms with Gasteiger partial charge in [-0.3, -0.25) is 4.68 Å². The van der Waals surface area contributed by atoms with E-state index in [4.69, 9.17) is 14.6 Å². The van der Waals surface area contributed by atoms with Gasteiger partial charge in [-0.2, -0.15) is 5.10 Å². The van der Waals surface area contributed by atoms with Crippen LogP contribution in [0.1, 0.15) is 21.6 Å². The van der Waals surface area contributed by atoms with Crippen LogP contribution in [-0.2, 0) is 7.05 Å². The maximum atomic E-state index is 11.1. The predicted octanol–water partition coefficient (Wildman–Crippen LogP) is 2.42. The molecule has 6 heteroatoms. The molecule has 0 atom stereocenters. The van der Waals surface area contributed by atoms with Crippen LogP contribution in [0.3, 0.4) is 0 Å². The molecule has 0 bridgehead atoms. The fraction of sp³-hybridized carbons (Fsp3) is 0.333. The lowest BCUT2D eigenvalue weighted by Crippen LogP contribution is -2.01. The Balaban J connectivity index is 2.70. The number of hydrogen-bond acceptors (Lipinski definition) is 4. The molecule has 1 N–H and O–H groups in total. The number of aryl methyl sites for hydroxylation is 1. The van der Waals surface area contributed by atoms with E-state index in [0.717, 1.165) is 16.7 Å². The number of carboxylic acids is 1. The normalized spacial score (nSPS) is 10.5. The zero-order valence-corrected chi connectivity index (χ0v) is 12.7. The van der Waals surface area contributed by atoms with E-state index in [1.54, 1.807) is 32.0 Å². The summed E-state index contributed by atoms with van der Waals surface area (Å²) in [5.41, 5.74) is 3.54. The van der Waals surface area contributed by atoms with E-state index in [0.29, 0.717) is 17.2 Å². The molecule has 1 aromatic heterocycles. The SMILES string of the molecule is COc1cc(-c2cc(C(=O)O)nn2C)c(C)c(C)c1OC. The Labute approximate surface area is 122 Å². The highest BCUT2D eigenvalue weighted by atomic mass is 16.5. The third kappa shape index (κ3) is 2.44. The second-order valence-electron chi connectivity index (χ2n) is 4.75. The highest BCUT2D eigenvalue weighted by Crippen LogP contribution is 2.39. The van der Waals surface area contributed by atoms with E-state index >= 15 is 0 Å². The van der Waals surface area contributed by atoms with Gasteiger partial charge in [0.05, 0.1) is 19.9 Å². The quantitative estimate of drug-likeness (QED) is 0.936. The minimum Gasteiger partial charge on any atom is -0.493 e. The van der Waals surface area contributed by atoms with Gasteiger partial charge in [-0.05, 0) is 37.1 Å². The molecule has 0 fully saturated rings. The van der Waals surface area contributed by atoms with Gasteiger partial charge in [0.1, 0.15) is 0 Å². The Morgan fingerprint density at radius 1 is 1.19 bits per heavy atom. The second kappa shape index (κ2) is 5.47. The van der Waals surface area contributed by atoms with Crippen LogP contribution in [0.25, 0.3) is 11.3 Å². The van der Waals surface area contributed by atoms with Crippen LogP contribution in [0.5, 0.6) is 11.5 Å². The van der Waals surface area contributed by atoms with Gasteiger partial charge in [0, 0.05) is 12.6 Å². The maximum absolute atomic E-state index is 11.1. The van der Waals surface area contributed by atoms with Crippen molar-refractivity contribution in [1.29, 1.82) is 0 Å². The summed E-state index contributed by atoms with van der Waals surface area (Å²) in [6, 6.07) is 3.39. The van der Waals surface area contributed by atoms with Crippen molar-refractivity contribution in [3.63, 3.8) is 0 Å². The Morgan fingerprint density at radius 3 is 2.33 bits per heavy atom. The van der Waals surface area contributed by atoms with Crippen LogP contribution in [0.2, 0.25) is 0 Å². The second-order valence-corrected chi connectivity index (χ2v) is 4.75. The first-order valence-corrected chi connectivity index (χ1v) is 6.40. The van der Waals surface area contributed by atoms with Gasteiger partial charge in [0.2, 0.25) is 0 Å². The maximum Gasteiger partial charge on any atom is 0.356 e. The number of carboxylic acid groups (broad SMARTS) is 1. The highest BCUT2D eigenvalue weighted by molar-refractivity contribution is 5.87. The molecule has 0 aliphatic carbocycles. The van der Waals surface area contributed by atoms with Crippen LogP contribution in [-0.4, -0.2) is 35.1 Å². The number of nitrogens with zero attached hydrogens (tertiary/aromatic N) is 2. The number of aromatic carboxylic acids is 1. The summed E-state index contributed by atoms with van der Waals surface area (Å²) in [6.07, 6.45) is 0. The molecule has 0 aliphatic rings. The Hall–Kier alpha value is -2.50. The summed E-state index contributed by atoms with van der Waals surface area (Å²) in [5.74, 6) is 0.236. The molecule has 1 aromatic carbocycles. The number of methoxy groups -OCH3 is 2. The fourth-order valence-corrected chi connectivity index (χ4v) is 2.36. The average molecular weight is 290 g/mol. The van der Waals surface area contributed by atoms with E-state index in [2.05, 4.69) is 5.10 Å². The number of rotatable bonds is 4. The van der Waals surface area contributed by atoms with Crippen molar-refractivity contribution in [2.45, 2.75) is 13.8 Å². The van der Waals surface area contributed by atoms with Crippen molar-refractivity contribution in [2.24, 2.45) is 7.05 Å². The highest BCUT2D eigenvalue weighted by Gasteiger charge is 2.19. The third-order valence-corrected chi connectivity index (χ3v) is 3.61. The average Bonchev–Trinajstić information content (AvgIpc) is 2.83. The van der Waals surface area contributed by atoms with Crippen molar-refractivity contribution in [1.82, 2.24) is 9.78 Å². The monoisotopic (exact) mass is 290 g/mol. The first-order valence-electron chi connectivity index (χ1n) is 6.40. The zero-order chi connectivity index (χ0) is 15.7. The van der Waals surface area contributed by atoms with Gasteiger partial charge >= 0.3 is 5.97 Å². The molecule has 0 spiro atoms. The molecule has 0 aliphatic heterocycles. The van der Waals surface area contributed by atoms with Gasteiger partial charge in [-0.15, -0.1) is 0 Å². The first kappa shape index (κ1) is 14.9. The van der Waals surface area contributed by atoms with Crippen LogP contribution < -0.4 is 9.47 Å². The minimum atomic E-state index is -1.05. The van der Waals surface area contributed by atoms with Crippen LogP contribution in [0.15, 0.2) is 12.1 Å². The van der Waals surface area contributed by atoms with Gasteiger partial charge < -0.3 is 14.6 Å². The number of hydrogen-bond donors (Lipinski definition) is 1. The Morgan fingerprint density at radius 2 is 1.86 bits per heavy atom. The molecular formula is C15H18N2O4. The predicted molar refractivity (Wildman–Crippen MR) is 78.2 cm³/mol. The topological polar surface area (TPSA) is 73.6 Å². The van der Waals surface area contributed by atoms with Crippen molar-refractivity contribution >= 4 is 5.97 Å². The third-order valence-electron chi connectivity index (χ3n) is 3.61. The first-order chi connectivity index (χ1) is 9.90. The summed E-state index contributed by atoms with van der Waals surface area (Å²) >= 11 is 0. The lowest BCUT2D eigenvalue weighted by atomic mass is 9.99. The summed E-state index contributed by atoms with van der Waals surface area (Å²) in [5, 5.41) is 13.1. The van der Waals surface area contributed by atoms with Gasteiger partial charge in [0.25, 0.3) is 0 Å². The standard InChI is InChI=1S/C15H18N2O4/c1-8-9(2)14(21-5)13(20-4)6-10(8)12-7-11(15(18)19)16-17(12)3/h6-7H,1-5H3,(H,18,19). The van der Waals surface area contributed by atoms with Crippen molar-refractivity contribution < 1.29 is 19.4 Å². The van der Waals surface area contributed by atoms with Crippen LogP contribution >= 0.6 is 0 Å². The lowest BCUT2D eigenvalue weighted by molar-refractivity contribution is 0.0689. The van der Waals surface area contributed by atoms with Gasteiger partial charge in [-0.1, -0.05) is 0 Å². The van der Waals surface area contributed by atoms with Crippen LogP contribution in [0.4, 0.5) is 0 Å². The van der Waals surface area contributed by atoms with E-state index in [9.17, 15) is 4.79 Å². The van der Waals surface area contributed by atoms with E-state index in [1.807, 2.05) is 19.9 Å². The van der Waals surface area contributed by atoms with E-state index in [1.165, 1.54) is 0 Å². The number of ether oxygens (including phenoxy) is 2. The molecule has 2 rings (SSSR count). The molecule has 0 unspecified atom stereocenters. The van der Waals surface area contributed by atoms with Crippen molar-refractivity contribution in [3.05, 3.63) is 29.0 Å². The number of aromatic nitrogens is 2. The summed E-state index contributed by atoms with van der Waals surface area (Å²) in [4.78, 5) is 11.1.